The number of ether oxygens (including phenoxy) is 1. The lowest BCUT2D eigenvalue weighted by atomic mass is 10.5. The fourth-order valence-corrected chi connectivity index (χ4v) is 0.467. The molecule has 0 saturated carbocycles. The highest BCUT2D eigenvalue weighted by Gasteiger charge is 1.91. The highest BCUT2D eigenvalue weighted by atomic mass is 16.5. The van der Waals surface area contributed by atoms with Crippen molar-refractivity contribution in [3.05, 3.63) is 6.20 Å². The van der Waals surface area contributed by atoms with Crippen LogP contribution in [-0.2, 0) is 0 Å². The van der Waals surface area contributed by atoms with E-state index in [1.165, 1.54) is 0 Å². The van der Waals surface area contributed by atoms with Crippen molar-refractivity contribution >= 4 is 0 Å². The van der Waals surface area contributed by atoms with Crippen LogP contribution in [0.25, 0.3) is 0 Å². The van der Waals surface area contributed by atoms with E-state index < -0.39 is 0 Å². The minimum atomic E-state index is 0.567. The number of hydrogen-bond acceptors (Lipinski definition) is 3. The molecule has 4 nitrogen and oxygen atoms in total. The normalized spacial score (nSPS) is 9.44. The molecule has 9 heavy (non-hydrogen) atoms. The lowest BCUT2D eigenvalue weighted by Gasteiger charge is -1.95. The number of nitrogens with zero attached hydrogens (tertiary/aromatic N) is 2. The summed E-state index contributed by atoms with van der Waals surface area (Å²) in [4.78, 5) is 0. The summed E-state index contributed by atoms with van der Waals surface area (Å²) in [5.74, 6) is 0.567. The average molecular weight is 127 g/mol. The Morgan fingerprint density at radius 3 is 3.22 bits per heavy atom. The molecule has 0 aliphatic rings. The first-order valence-electron chi connectivity index (χ1n) is 2.92. The Kier molecular flexibility index (Phi) is 2.06. The van der Waals surface area contributed by atoms with Gasteiger partial charge >= 0.3 is 0 Å². The molecule has 0 radical (unpaired) electrons. The summed E-state index contributed by atoms with van der Waals surface area (Å²) in [6.45, 7) is 2.74. The van der Waals surface area contributed by atoms with Crippen LogP contribution in [0.15, 0.2) is 6.20 Å². The fourth-order valence-electron chi connectivity index (χ4n) is 0.467. The third kappa shape index (κ3) is 1.71. The average Bonchev–Trinajstić information content (AvgIpc) is 2.34. The molecule has 4 heteroatoms. The van der Waals surface area contributed by atoms with Crippen LogP contribution >= 0.6 is 0 Å². The Morgan fingerprint density at radius 1 is 1.78 bits per heavy atom. The van der Waals surface area contributed by atoms with Crippen molar-refractivity contribution in [3.8, 4) is 5.88 Å². The van der Waals surface area contributed by atoms with Gasteiger partial charge in [0, 0.05) is 0 Å². The number of H-pyrrole nitrogens is 1. The molecular formula is C5H9N3O. The molecule has 1 aromatic rings. The van der Waals surface area contributed by atoms with Gasteiger partial charge in [-0.25, -0.2) is 0 Å². The van der Waals surface area contributed by atoms with Gasteiger partial charge in [0.25, 0.3) is 5.88 Å². The zero-order valence-electron chi connectivity index (χ0n) is 5.29. The molecule has 0 aliphatic heterocycles. The van der Waals surface area contributed by atoms with Crippen molar-refractivity contribution < 1.29 is 4.74 Å². The molecule has 1 rings (SSSR count). The van der Waals surface area contributed by atoms with E-state index in [1.54, 1.807) is 6.20 Å². The molecule has 1 aromatic heterocycles. The first-order chi connectivity index (χ1) is 4.43. The van der Waals surface area contributed by atoms with Gasteiger partial charge in [-0.1, -0.05) is 6.92 Å². The Labute approximate surface area is 53.2 Å². The van der Waals surface area contributed by atoms with Gasteiger partial charge in [0.15, 0.2) is 0 Å². The number of rotatable bonds is 3. The zero-order chi connectivity index (χ0) is 6.53. The van der Waals surface area contributed by atoms with Crippen LogP contribution in [0, 0.1) is 0 Å². The molecule has 0 fully saturated rings. The first kappa shape index (κ1) is 6.07. The Morgan fingerprint density at radius 2 is 2.67 bits per heavy atom. The molecule has 0 atom stereocenters. The van der Waals surface area contributed by atoms with Crippen molar-refractivity contribution in [2.24, 2.45) is 0 Å². The highest BCUT2D eigenvalue weighted by Crippen LogP contribution is 1.98. The molecule has 0 unspecified atom stereocenters. The van der Waals surface area contributed by atoms with E-state index in [9.17, 15) is 0 Å². The predicted molar refractivity (Wildman–Crippen MR) is 32.2 cm³/mol. The van der Waals surface area contributed by atoms with Crippen LogP contribution < -0.4 is 4.74 Å². The number of aromatic nitrogens is 3. The molecule has 0 aliphatic carbocycles. The Balaban J connectivity index is 2.30. The summed E-state index contributed by atoms with van der Waals surface area (Å²) < 4.78 is 5.09. The molecule has 1 N–H and O–H groups in total. The van der Waals surface area contributed by atoms with Gasteiger partial charge < -0.3 is 4.74 Å². The summed E-state index contributed by atoms with van der Waals surface area (Å²) in [5, 5.41) is 9.72. The van der Waals surface area contributed by atoms with Crippen molar-refractivity contribution in [3.63, 3.8) is 0 Å². The maximum absolute atomic E-state index is 5.09. The second-order valence-electron chi connectivity index (χ2n) is 1.66. The number of hydrogen-bond donors (Lipinski definition) is 1. The van der Waals surface area contributed by atoms with Gasteiger partial charge in [-0.05, 0) is 6.42 Å². The summed E-state index contributed by atoms with van der Waals surface area (Å²) >= 11 is 0. The van der Waals surface area contributed by atoms with Crippen LogP contribution in [0.1, 0.15) is 13.3 Å². The minimum Gasteiger partial charge on any atom is -0.475 e. The minimum absolute atomic E-state index is 0.567. The van der Waals surface area contributed by atoms with Gasteiger partial charge in [0.1, 0.15) is 6.20 Å². The van der Waals surface area contributed by atoms with E-state index in [4.69, 9.17) is 4.74 Å². The summed E-state index contributed by atoms with van der Waals surface area (Å²) in [6.07, 6.45) is 2.54. The van der Waals surface area contributed by atoms with E-state index in [0.29, 0.717) is 12.5 Å². The fraction of sp³-hybridized carbons (Fsp3) is 0.600. The number of aromatic amines is 1. The molecule has 0 amide bonds. The van der Waals surface area contributed by atoms with Crippen molar-refractivity contribution in [1.29, 1.82) is 0 Å². The second kappa shape index (κ2) is 3.06. The van der Waals surface area contributed by atoms with Crippen molar-refractivity contribution in [1.82, 2.24) is 15.4 Å². The van der Waals surface area contributed by atoms with Gasteiger partial charge in [-0.2, -0.15) is 10.3 Å². The molecule has 50 valence electrons. The summed E-state index contributed by atoms with van der Waals surface area (Å²) in [7, 11) is 0. The van der Waals surface area contributed by atoms with E-state index in [-0.39, 0.29) is 0 Å². The molecule has 0 aromatic carbocycles. The second-order valence-corrected chi connectivity index (χ2v) is 1.66. The molecule has 0 spiro atoms. The summed E-state index contributed by atoms with van der Waals surface area (Å²) in [6, 6.07) is 0. The lowest BCUT2D eigenvalue weighted by molar-refractivity contribution is 0.305. The third-order valence-electron chi connectivity index (χ3n) is 0.847. The Hall–Kier alpha value is -1.06. The van der Waals surface area contributed by atoms with E-state index in [2.05, 4.69) is 15.4 Å². The zero-order valence-corrected chi connectivity index (χ0v) is 5.29. The first-order valence-corrected chi connectivity index (χ1v) is 2.92. The van der Waals surface area contributed by atoms with E-state index >= 15 is 0 Å². The SMILES string of the molecule is CCCOc1cn[nH]n1. The number of nitrogens with one attached hydrogen (secondary N) is 1. The van der Waals surface area contributed by atoms with Gasteiger partial charge in [0.2, 0.25) is 0 Å². The van der Waals surface area contributed by atoms with Gasteiger partial charge in [-0.15, -0.1) is 5.10 Å². The predicted octanol–water partition coefficient (Wildman–Crippen LogP) is 0.593. The van der Waals surface area contributed by atoms with E-state index in [1.807, 2.05) is 6.92 Å². The molecule has 0 saturated heterocycles. The van der Waals surface area contributed by atoms with E-state index in [0.717, 1.165) is 6.42 Å². The van der Waals surface area contributed by atoms with Crippen LogP contribution in [0.2, 0.25) is 0 Å². The maximum atomic E-state index is 5.09. The summed E-state index contributed by atoms with van der Waals surface area (Å²) in [5.41, 5.74) is 0. The molecule has 0 bridgehead atoms. The van der Waals surface area contributed by atoms with Crippen LogP contribution in [0.3, 0.4) is 0 Å². The van der Waals surface area contributed by atoms with Crippen LogP contribution in [0.4, 0.5) is 0 Å². The van der Waals surface area contributed by atoms with Gasteiger partial charge in [0.05, 0.1) is 6.61 Å². The molecular weight excluding hydrogens is 118 g/mol. The largest absolute Gasteiger partial charge is 0.475 e. The standard InChI is InChI=1S/C5H9N3O/c1-2-3-9-5-4-6-8-7-5/h4H,2-3H2,1H3,(H,6,7,8). The van der Waals surface area contributed by atoms with Gasteiger partial charge in [-0.3, -0.25) is 0 Å². The van der Waals surface area contributed by atoms with Crippen molar-refractivity contribution in [2.45, 2.75) is 13.3 Å². The molecule has 1 heterocycles. The third-order valence-corrected chi connectivity index (χ3v) is 0.847. The lowest BCUT2D eigenvalue weighted by Crippen LogP contribution is -1.94. The van der Waals surface area contributed by atoms with Crippen LogP contribution in [-0.4, -0.2) is 22.0 Å². The Bertz CT molecular complexity index is 149. The smallest absolute Gasteiger partial charge is 0.253 e. The highest BCUT2D eigenvalue weighted by molar-refractivity contribution is 4.96. The maximum Gasteiger partial charge on any atom is 0.253 e. The van der Waals surface area contributed by atoms with Crippen LogP contribution in [0.5, 0.6) is 5.88 Å². The monoisotopic (exact) mass is 127 g/mol. The quantitative estimate of drug-likeness (QED) is 0.646. The topological polar surface area (TPSA) is 50.8 Å². The van der Waals surface area contributed by atoms with Crippen molar-refractivity contribution in [2.75, 3.05) is 6.61 Å².